The van der Waals surface area contributed by atoms with E-state index in [1.54, 1.807) is 18.2 Å². The Labute approximate surface area is 151 Å². The van der Waals surface area contributed by atoms with E-state index in [9.17, 15) is 4.79 Å². The maximum Gasteiger partial charge on any atom is 0.273 e. The number of amides is 1. The van der Waals surface area contributed by atoms with Gasteiger partial charge in [-0.05, 0) is 31.0 Å². The fraction of sp³-hybridized carbons (Fsp3) is 0.412. The number of carbonyl (C=O) groups excluding carboxylic acids is 1. The van der Waals surface area contributed by atoms with Gasteiger partial charge in [-0.3, -0.25) is 4.79 Å². The number of oxazole rings is 1. The van der Waals surface area contributed by atoms with Gasteiger partial charge in [-0.1, -0.05) is 36.5 Å². The second-order valence-corrected chi connectivity index (χ2v) is 6.06. The second kappa shape index (κ2) is 9.67. The van der Waals surface area contributed by atoms with E-state index in [0.717, 1.165) is 25.9 Å². The molecule has 0 aliphatic rings. The molecule has 0 atom stereocenters. The average molecular weight is 371 g/mol. The highest BCUT2D eigenvalue weighted by Crippen LogP contribution is 2.28. The predicted molar refractivity (Wildman–Crippen MR) is 94.6 cm³/mol. The van der Waals surface area contributed by atoms with Crippen LogP contribution in [0.2, 0.25) is 10.0 Å². The number of halogens is 2. The van der Waals surface area contributed by atoms with Crippen LogP contribution in [0.25, 0.3) is 11.5 Å². The fourth-order valence-electron chi connectivity index (χ4n) is 1.95. The van der Waals surface area contributed by atoms with Crippen LogP contribution in [0.5, 0.6) is 0 Å². The number of benzene rings is 1. The Hall–Kier alpha value is -1.56. The molecule has 0 saturated heterocycles. The first-order valence-corrected chi connectivity index (χ1v) is 8.64. The summed E-state index contributed by atoms with van der Waals surface area (Å²) in [5.41, 5.74) is 0.885. The van der Waals surface area contributed by atoms with Crippen molar-refractivity contribution in [3.8, 4) is 11.5 Å². The fourth-order valence-corrected chi connectivity index (χ4v) is 2.25. The minimum Gasteiger partial charge on any atom is -0.444 e. The molecule has 7 heteroatoms. The number of unbranched alkanes of at least 4 members (excludes halogenated alkanes) is 1. The number of hydrogen-bond donors (Lipinski definition) is 1. The van der Waals surface area contributed by atoms with Crippen LogP contribution in [0.4, 0.5) is 0 Å². The summed E-state index contributed by atoms with van der Waals surface area (Å²) in [6, 6.07) is 5.03. The Morgan fingerprint density at radius 2 is 2.04 bits per heavy atom. The van der Waals surface area contributed by atoms with Crippen LogP contribution < -0.4 is 5.32 Å². The normalized spacial score (nSPS) is 10.8. The van der Waals surface area contributed by atoms with Gasteiger partial charge in [0, 0.05) is 25.3 Å². The lowest BCUT2D eigenvalue weighted by Gasteiger charge is -2.04. The average Bonchev–Trinajstić information content (AvgIpc) is 3.06. The summed E-state index contributed by atoms with van der Waals surface area (Å²) in [5.74, 6) is 0.0419. The second-order valence-electron chi connectivity index (χ2n) is 5.24. The summed E-state index contributed by atoms with van der Waals surface area (Å²) >= 11 is 11.8. The van der Waals surface area contributed by atoms with Gasteiger partial charge in [-0.15, -0.1) is 0 Å². The molecule has 0 radical (unpaired) electrons. The monoisotopic (exact) mass is 370 g/mol. The van der Waals surface area contributed by atoms with Crippen LogP contribution >= 0.6 is 23.2 Å². The van der Waals surface area contributed by atoms with Gasteiger partial charge in [-0.2, -0.15) is 0 Å². The summed E-state index contributed by atoms with van der Waals surface area (Å²) in [5, 5.41) is 3.64. The number of rotatable bonds is 9. The van der Waals surface area contributed by atoms with E-state index in [4.69, 9.17) is 32.4 Å². The van der Waals surface area contributed by atoms with E-state index in [1.807, 2.05) is 0 Å². The third-order valence-electron chi connectivity index (χ3n) is 3.30. The molecule has 2 aromatic rings. The number of carbonyl (C=O) groups is 1. The van der Waals surface area contributed by atoms with Crippen molar-refractivity contribution in [2.45, 2.75) is 26.2 Å². The lowest BCUT2D eigenvalue weighted by atomic mass is 10.2. The highest BCUT2D eigenvalue weighted by atomic mass is 35.5. The van der Waals surface area contributed by atoms with Gasteiger partial charge >= 0.3 is 0 Å². The lowest BCUT2D eigenvalue weighted by molar-refractivity contribution is 0.0935. The SMILES string of the molecule is CCCCOCCCNC(=O)c1coc(-c2ccc(Cl)c(Cl)c2)n1. The molecule has 0 bridgehead atoms. The number of aromatic nitrogens is 1. The Bertz CT molecular complexity index is 674. The minimum absolute atomic E-state index is 0.225. The zero-order valence-corrected chi connectivity index (χ0v) is 15.0. The molecule has 0 fully saturated rings. The first kappa shape index (κ1) is 18.8. The molecule has 0 unspecified atom stereocenters. The molecule has 1 aromatic carbocycles. The topological polar surface area (TPSA) is 64.4 Å². The van der Waals surface area contributed by atoms with Crippen LogP contribution in [-0.2, 0) is 4.74 Å². The Balaban J connectivity index is 1.81. The van der Waals surface area contributed by atoms with Crippen LogP contribution in [0, 0.1) is 0 Å². The summed E-state index contributed by atoms with van der Waals surface area (Å²) in [4.78, 5) is 16.2. The Kier molecular flexibility index (Phi) is 7.56. The molecule has 2 rings (SSSR count). The molecule has 1 amide bonds. The largest absolute Gasteiger partial charge is 0.444 e. The van der Waals surface area contributed by atoms with E-state index in [-0.39, 0.29) is 11.6 Å². The molecule has 0 spiro atoms. The molecule has 0 aliphatic heterocycles. The van der Waals surface area contributed by atoms with Gasteiger partial charge in [0.2, 0.25) is 5.89 Å². The molecule has 0 saturated carbocycles. The summed E-state index contributed by atoms with van der Waals surface area (Å²) < 4.78 is 10.8. The lowest BCUT2D eigenvalue weighted by Crippen LogP contribution is -2.25. The van der Waals surface area contributed by atoms with Gasteiger partial charge in [0.15, 0.2) is 5.69 Å². The third-order valence-corrected chi connectivity index (χ3v) is 4.04. The van der Waals surface area contributed by atoms with E-state index >= 15 is 0 Å². The van der Waals surface area contributed by atoms with Gasteiger partial charge in [0.05, 0.1) is 10.0 Å². The van der Waals surface area contributed by atoms with Crippen molar-refractivity contribution in [1.82, 2.24) is 10.3 Å². The quantitative estimate of drug-likeness (QED) is 0.655. The standard InChI is InChI=1S/C17H20Cl2N2O3/c1-2-3-8-23-9-4-7-20-16(22)15-11-24-17(21-15)12-5-6-13(18)14(19)10-12/h5-6,10-11H,2-4,7-9H2,1H3,(H,20,22). The first-order chi connectivity index (χ1) is 11.6. The van der Waals surface area contributed by atoms with Crippen LogP contribution in [0.15, 0.2) is 28.9 Å². The van der Waals surface area contributed by atoms with E-state index in [0.29, 0.717) is 34.7 Å². The van der Waals surface area contributed by atoms with Gasteiger partial charge in [0.25, 0.3) is 5.91 Å². The van der Waals surface area contributed by atoms with Crippen molar-refractivity contribution >= 4 is 29.1 Å². The minimum atomic E-state index is -0.279. The number of ether oxygens (including phenoxy) is 1. The van der Waals surface area contributed by atoms with Crippen molar-refractivity contribution in [2.75, 3.05) is 19.8 Å². The molecule has 130 valence electrons. The van der Waals surface area contributed by atoms with E-state index < -0.39 is 0 Å². The van der Waals surface area contributed by atoms with Crippen molar-refractivity contribution in [3.05, 3.63) is 40.2 Å². The van der Waals surface area contributed by atoms with Crippen molar-refractivity contribution in [3.63, 3.8) is 0 Å². The molecule has 1 N–H and O–H groups in total. The van der Waals surface area contributed by atoms with Crippen molar-refractivity contribution in [2.24, 2.45) is 0 Å². The Morgan fingerprint density at radius 3 is 2.79 bits per heavy atom. The molecular formula is C17H20Cl2N2O3. The molecule has 24 heavy (non-hydrogen) atoms. The molecule has 1 aromatic heterocycles. The maximum absolute atomic E-state index is 12.0. The van der Waals surface area contributed by atoms with Crippen molar-refractivity contribution in [1.29, 1.82) is 0 Å². The molecule has 1 heterocycles. The summed E-state index contributed by atoms with van der Waals surface area (Å²) in [7, 11) is 0. The maximum atomic E-state index is 12.0. The Morgan fingerprint density at radius 1 is 1.25 bits per heavy atom. The first-order valence-electron chi connectivity index (χ1n) is 7.88. The van der Waals surface area contributed by atoms with Gasteiger partial charge in [-0.25, -0.2) is 4.98 Å². The summed E-state index contributed by atoms with van der Waals surface area (Å²) in [6.45, 7) is 4.04. The van der Waals surface area contributed by atoms with E-state index in [1.165, 1.54) is 6.26 Å². The van der Waals surface area contributed by atoms with Gasteiger partial charge < -0.3 is 14.5 Å². The van der Waals surface area contributed by atoms with Crippen LogP contribution in [0.1, 0.15) is 36.7 Å². The van der Waals surface area contributed by atoms with Crippen LogP contribution in [-0.4, -0.2) is 30.6 Å². The number of nitrogens with one attached hydrogen (secondary N) is 1. The highest BCUT2D eigenvalue weighted by Gasteiger charge is 2.13. The van der Waals surface area contributed by atoms with Crippen molar-refractivity contribution < 1.29 is 13.9 Å². The van der Waals surface area contributed by atoms with Gasteiger partial charge in [0.1, 0.15) is 6.26 Å². The third kappa shape index (κ3) is 5.51. The van der Waals surface area contributed by atoms with E-state index in [2.05, 4.69) is 17.2 Å². The summed E-state index contributed by atoms with van der Waals surface area (Å²) in [6.07, 6.45) is 4.25. The zero-order chi connectivity index (χ0) is 17.4. The molecular weight excluding hydrogens is 351 g/mol. The molecule has 5 nitrogen and oxygen atoms in total. The number of nitrogens with zero attached hydrogens (tertiary/aromatic N) is 1. The van der Waals surface area contributed by atoms with Crippen LogP contribution in [0.3, 0.4) is 0 Å². The molecule has 0 aliphatic carbocycles. The highest BCUT2D eigenvalue weighted by molar-refractivity contribution is 6.42. The smallest absolute Gasteiger partial charge is 0.273 e. The number of hydrogen-bond acceptors (Lipinski definition) is 4. The zero-order valence-electron chi connectivity index (χ0n) is 13.5. The predicted octanol–water partition coefficient (Wildman–Crippen LogP) is 4.59.